The molecule has 1 fully saturated rings. The van der Waals surface area contributed by atoms with E-state index in [1.807, 2.05) is 24.4 Å². The number of benzene rings is 1. The fraction of sp³-hybridized carbons (Fsp3) is 0.400. The minimum atomic E-state index is 0.437. The number of nitrogens with zero attached hydrogens (tertiary/aromatic N) is 4. The highest BCUT2D eigenvalue weighted by Gasteiger charge is 2.21. The monoisotopic (exact) mass is 335 g/mol. The smallest absolute Gasteiger partial charge is 0.157 e. The summed E-state index contributed by atoms with van der Waals surface area (Å²) in [5.74, 6) is 1.04. The quantitative estimate of drug-likeness (QED) is 0.793. The van der Waals surface area contributed by atoms with Gasteiger partial charge in [-0.3, -0.25) is 4.90 Å². The average molecular weight is 335 g/mol. The molecule has 0 aliphatic carbocycles. The molecule has 1 saturated heterocycles. The largest absolute Gasteiger partial charge is 0.366 e. The number of anilines is 1. The lowest BCUT2D eigenvalue weighted by Crippen LogP contribution is -2.41. The van der Waals surface area contributed by atoms with E-state index in [9.17, 15) is 0 Å². The van der Waals surface area contributed by atoms with Gasteiger partial charge >= 0.3 is 0 Å². The molecule has 2 aromatic heterocycles. The van der Waals surface area contributed by atoms with Gasteiger partial charge in [-0.15, -0.1) is 0 Å². The van der Waals surface area contributed by atoms with Crippen molar-refractivity contribution in [1.82, 2.24) is 19.5 Å². The number of hydrogen-bond acceptors (Lipinski definition) is 4. The summed E-state index contributed by atoms with van der Waals surface area (Å²) >= 11 is 0. The predicted molar refractivity (Wildman–Crippen MR) is 101 cm³/mol. The van der Waals surface area contributed by atoms with Gasteiger partial charge in [-0.2, -0.15) is 9.61 Å². The molecule has 3 aromatic rings. The number of hydrogen-bond donors (Lipinski definition) is 1. The second-order valence-corrected chi connectivity index (χ2v) is 7.04. The van der Waals surface area contributed by atoms with E-state index >= 15 is 0 Å². The van der Waals surface area contributed by atoms with Crippen LogP contribution in [0.3, 0.4) is 0 Å². The average Bonchev–Trinajstić information content (AvgIpc) is 2.96. The van der Waals surface area contributed by atoms with Gasteiger partial charge in [0.25, 0.3) is 0 Å². The van der Waals surface area contributed by atoms with Crippen molar-refractivity contribution in [2.24, 2.45) is 0 Å². The van der Waals surface area contributed by atoms with E-state index in [4.69, 9.17) is 0 Å². The van der Waals surface area contributed by atoms with E-state index < -0.39 is 0 Å². The van der Waals surface area contributed by atoms with Crippen molar-refractivity contribution in [2.75, 3.05) is 18.4 Å². The van der Waals surface area contributed by atoms with Crippen molar-refractivity contribution in [3.63, 3.8) is 0 Å². The van der Waals surface area contributed by atoms with E-state index in [2.05, 4.69) is 56.7 Å². The Morgan fingerprint density at radius 3 is 2.80 bits per heavy atom. The maximum Gasteiger partial charge on any atom is 0.157 e. The Bertz CT molecular complexity index is 855. The van der Waals surface area contributed by atoms with Gasteiger partial charge in [0.1, 0.15) is 5.82 Å². The molecule has 1 aromatic carbocycles. The molecule has 0 radical (unpaired) electrons. The van der Waals surface area contributed by atoms with Crippen LogP contribution in [-0.2, 0) is 6.54 Å². The zero-order valence-corrected chi connectivity index (χ0v) is 14.9. The van der Waals surface area contributed by atoms with Crippen LogP contribution in [0.2, 0.25) is 0 Å². The Morgan fingerprint density at radius 2 is 1.96 bits per heavy atom. The normalized spacial score (nSPS) is 18.6. The van der Waals surface area contributed by atoms with Crippen LogP contribution in [0, 0.1) is 13.8 Å². The zero-order valence-electron chi connectivity index (χ0n) is 14.9. The number of aryl methyl sites for hydroxylation is 2. The van der Waals surface area contributed by atoms with Crippen molar-refractivity contribution in [2.45, 2.75) is 39.3 Å². The first kappa shape index (κ1) is 16.1. The lowest BCUT2D eigenvalue weighted by Gasteiger charge is -2.33. The van der Waals surface area contributed by atoms with Crippen molar-refractivity contribution >= 4 is 11.5 Å². The second kappa shape index (κ2) is 6.84. The number of fused-ring (bicyclic) bond motifs is 1. The number of likely N-dealkylation sites (tertiary alicyclic amines) is 1. The highest BCUT2D eigenvalue weighted by atomic mass is 15.3. The van der Waals surface area contributed by atoms with E-state index in [1.54, 1.807) is 0 Å². The first-order chi connectivity index (χ1) is 12.2. The molecular formula is C20H25N5. The minimum absolute atomic E-state index is 0.437. The van der Waals surface area contributed by atoms with Crippen molar-refractivity contribution < 1.29 is 0 Å². The summed E-state index contributed by atoms with van der Waals surface area (Å²) in [6.45, 7) is 7.29. The van der Waals surface area contributed by atoms with E-state index in [-0.39, 0.29) is 0 Å². The van der Waals surface area contributed by atoms with Crippen LogP contribution in [0.4, 0.5) is 5.82 Å². The third kappa shape index (κ3) is 3.66. The fourth-order valence-corrected chi connectivity index (χ4v) is 3.69. The number of aromatic nitrogens is 3. The Balaban J connectivity index is 1.49. The molecular weight excluding hydrogens is 310 g/mol. The van der Waals surface area contributed by atoms with Gasteiger partial charge < -0.3 is 5.32 Å². The summed E-state index contributed by atoms with van der Waals surface area (Å²) in [7, 11) is 0. The molecule has 130 valence electrons. The minimum Gasteiger partial charge on any atom is -0.366 e. The second-order valence-electron chi connectivity index (χ2n) is 7.04. The maximum absolute atomic E-state index is 4.58. The zero-order chi connectivity index (χ0) is 17.2. The Hall–Kier alpha value is -2.40. The van der Waals surface area contributed by atoms with Crippen LogP contribution in [0.25, 0.3) is 5.65 Å². The molecule has 3 heterocycles. The van der Waals surface area contributed by atoms with E-state index in [0.29, 0.717) is 6.04 Å². The van der Waals surface area contributed by atoms with E-state index in [0.717, 1.165) is 35.9 Å². The van der Waals surface area contributed by atoms with Gasteiger partial charge in [0.05, 0.1) is 5.69 Å². The van der Waals surface area contributed by atoms with Crippen LogP contribution in [-0.4, -0.2) is 38.6 Å². The molecule has 1 atom stereocenters. The van der Waals surface area contributed by atoms with E-state index in [1.165, 1.54) is 24.9 Å². The maximum atomic E-state index is 4.58. The molecule has 1 aliphatic heterocycles. The Morgan fingerprint density at radius 1 is 1.12 bits per heavy atom. The molecule has 1 N–H and O–H groups in total. The summed E-state index contributed by atoms with van der Waals surface area (Å²) < 4.78 is 1.93. The summed E-state index contributed by atoms with van der Waals surface area (Å²) in [5, 5.41) is 8.30. The third-order valence-corrected chi connectivity index (χ3v) is 4.78. The molecule has 0 spiro atoms. The molecule has 0 amide bonds. The number of nitrogens with one attached hydrogen (secondary N) is 1. The first-order valence-electron chi connectivity index (χ1n) is 9.04. The van der Waals surface area contributed by atoms with Crippen molar-refractivity contribution in [3.05, 3.63) is 59.4 Å². The third-order valence-electron chi connectivity index (χ3n) is 4.78. The molecule has 0 bridgehead atoms. The van der Waals surface area contributed by atoms with Gasteiger partial charge in [-0.1, -0.05) is 30.3 Å². The van der Waals surface area contributed by atoms with Crippen LogP contribution in [0.5, 0.6) is 0 Å². The Labute approximate surface area is 148 Å². The summed E-state index contributed by atoms with van der Waals surface area (Å²) in [4.78, 5) is 7.11. The van der Waals surface area contributed by atoms with Gasteiger partial charge in [0.15, 0.2) is 5.65 Å². The fourth-order valence-electron chi connectivity index (χ4n) is 3.69. The van der Waals surface area contributed by atoms with Gasteiger partial charge in [-0.05, 0) is 38.8 Å². The molecule has 25 heavy (non-hydrogen) atoms. The summed E-state index contributed by atoms with van der Waals surface area (Å²) in [6.07, 6.45) is 2.41. The molecule has 5 heteroatoms. The van der Waals surface area contributed by atoms with Crippen LogP contribution in [0.1, 0.15) is 29.8 Å². The molecule has 0 unspecified atom stereocenters. The topological polar surface area (TPSA) is 45.5 Å². The van der Waals surface area contributed by atoms with Gasteiger partial charge in [0, 0.05) is 37.0 Å². The highest BCUT2D eigenvalue weighted by Crippen LogP contribution is 2.19. The lowest BCUT2D eigenvalue weighted by atomic mass is 10.0. The van der Waals surface area contributed by atoms with Crippen LogP contribution >= 0.6 is 0 Å². The first-order valence-corrected chi connectivity index (χ1v) is 9.04. The summed E-state index contributed by atoms with van der Waals surface area (Å²) in [5.41, 5.74) is 4.31. The van der Waals surface area contributed by atoms with Gasteiger partial charge in [-0.25, -0.2) is 4.98 Å². The molecule has 1 aliphatic rings. The number of rotatable bonds is 4. The van der Waals surface area contributed by atoms with Crippen molar-refractivity contribution in [3.8, 4) is 0 Å². The molecule has 0 saturated carbocycles. The van der Waals surface area contributed by atoms with Crippen molar-refractivity contribution in [1.29, 1.82) is 0 Å². The highest BCUT2D eigenvalue weighted by molar-refractivity contribution is 5.50. The standard InChI is InChI=1S/C20H25N5/c1-15-11-20(25-19(21-15)12-16(2)23-25)22-18-9-6-10-24(14-18)13-17-7-4-3-5-8-17/h3-5,7-8,11-12,18,22H,6,9-10,13-14H2,1-2H3/t18-/m0/s1. The number of piperidine rings is 1. The van der Waals surface area contributed by atoms with Crippen LogP contribution < -0.4 is 5.32 Å². The van der Waals surface area contributed by atoms with Crippen LogP contribution in [0.15, 0.2) is 42.5 Å². The Kier molecular flexibility index (Phi) is 4.40. The predicted octanol–water partition coefficient (Wildman–Crippen LogP) is 3.42. The van der Waals surface area contributed by atoms with Gasteiger partial charge in [0.2, 0.25) is 0 Å². The SMILES string of the molecule is Cc1cc(N[C@H]2CCCN(Cc3ccccc3)C2)n2nc(C)cc2n1. The molecule has 5 nitrogen and oxygen atoms in total. The lowest BCUT2D eigenvalue weighted by molar-refractivity contribution is 0.208. The molecule has 4 rings (SSSR count). The summed E-state index contributed by atoms with van der Waals surface area (Å²) in [6, 6.07) is 15.3.